The van der Waals surface area contributed by atoms with Crippen LogP contribution in [0.15, 0.2) is 0 Å². The maximum atomic E-state index is 6.96. The van der Waals surface area contributed by atoms with E-state index in [2.05, 4.69) is 12.6 Å². The van der Waals surface area contributed by atoms with Crippen LogP contribution in [0.3, 0.4) is 0 Å². The minimum absolute atomic E-state index is 0.0957. The lowest BCUT2D eigenvalue weighted by atomic mass is 10.1. The van der Waals surface area contributed by atoms with E-state index in [1.165, 1.54) is 0 Å². The third-order valence-corrected chi connectivity index (χ3v) is 1.66. The molecule has 3 heteroatoms. The first-order valence-corrected chi connectivity index (χ1v) is 3.09. The summed E-state index contributed by atoms with van der Waals surface area (Å²) in [5.74, 6) is 0.311. The van der Waals surface area contributed by atoms with Gasteiger partial charge in [0.05, 0.1) is 5.84 Å². The van der Waals surface area contributed by atoms with E-state index in [9.17, 15) is 0 Å². The van der Waals surface area contributed by atoms with Crippen LogP contribution in [0.2, 0.25) is 0 Å². The van der Waals surface area contributed by atoms with E-state index >= 15 is 0 Å². The molecule has 0 radical (unpaired) electrons. The highest BCUT2D eigenvalue weighted by Gasteiger charge is 2.09. The summed E-state index contributed by atoms with van der Waals surface area (Å²) in [4.78, 5) is 0. The molecule has 2 nitrogen and oxygen atoms in total. The van der Waals surface area contributed by atoms with Crippen LogP contribution < -0.4 is 5.73 Å². The highest BCUT2D eigenvalue weighted by atomic mass is 32.1. The molecule has 2 unspecified atom stereocenters. The Morgan fingerprint density at radius 3 is 2.00 bits per heavy atom. The monoisotopic (exact) mass is 132 g/mol. The van der Waals surface area contributed by atoms with Crippen LogP contribution in [0.4, 0.5) is 0 Å². The molecule has 0 spiro atoms. The Bertz CT molecular complexity index is 90.4. The van der Waals surface area contributed by atoms with E-state index in [1.807, 2.05) is 13.8 Å². The SMILES string of the molecule is CC(S)C(C)C(=N)N. The van der Waals surface area contributed by atoms with Crippen LogP contribution in [-0.2, 0) is 0 Å². The van der Waals surface area contributed by atoms with Crippen molar-refractivity contribution in [3.8, 4) is 0 Å². The smallest absolute Gasteiger partial charge is 0.0945 e. The lowest BCUT2D eigenvalue weighted by molar-refractivity contribution is 0.751. The van der Waals surface area contributed by atoms with Crippen molar-refractivity contribution >= 4 is 18.5 Å². The van der Waals surface area contributed by atoms with Crippen LogP contribution in [0.1, 0.15) is 13.8 Å². The molecular weight excluding hydrogens is 120 g/mol. The molecule has 0 amide bonds. The predicted molar refractivity (Wildman–Crippen MR) is 39.5 cm³/mol. The molecule has 3 N–H and O–H groups in total. The highest BCUT2D eigenvalue weighted by Crippen LogP contribution is 2.06. The summed E-state index contributed by atoms with van der Waals surface area (Å²) in [5.41, 5.74) is 5.17. The van der Waals surface area contributed by atoms with E-state index in [1.54, 1.807) is 0 Å². The van der Waals surface area contributed by atoms with Gasteiger partial charge in [0.25, 0.3) is 0 Å². The second-order valence-corrected chi connectivity index (χ2v) is 2.80. The minimum Gasteiger partial charge on any atom is -0.387 e. The third kappa shape index (κ3) is 2.21. The fraction of sp³-hybridized carbons (Fsp3) is 0.800. The van der Waals surface area contributed by atoms with E-state index < -0.39 is 0 Å². The number of hydrogen-bond acceptors (Lipinski definition) is 2. The van der Waals surface area contributed by atoms with Gasteiger partial charge in [0.15, 0.2) is 0 Å². The van der Waals surface area contributed by atoms with Crippen molar-refractivity contribution < 1.29 is 0 Å². The van der Waals surface area contributed by atoms with Crippen LogP contribution in [-0.4, -0.2) is 11.1 Å². The molecule has 0 saturated carbocycles. The molecule has 0 rings (SSSR count). The molecule has 0 aliphatic carbocycles. The average Bonchev–Trinajstić information content (AvgIpc) is 1.64. The summed E-state index contributed by atoms with van der Waals surface area (Å²) < 4.78 is 0. The lowest BCUT2D eigenvalue weighted by Crippen LogP contribution is -2.25. The molecule has 0 aromatic carbocycles. The van der Waals surface area contributed by atoms with Gasteiger partial charge in [-0.05, 0) is 0 Å². The van der Waals surface area contributed by atoms with Crippen molar-refractivity contribution in [1.82, 2.24) is 0 Å². The topological polar surface area (TPSA) is 49.9 Å². The van der Waals surface area contributed by atoms with Crippen molar-refractivity contribution in [3.63, 3.8) is 0 Å². The first-order valence-electron chi connectivity index (χ1n) is 2.57. The van der Waals surface area contributed by atoms with Gasteiger partial charge in [-0.3, -0.25) is 5.41 Å². The molecule has 0 saturated heterocycles. The highest BCUT2D eigenvalue weighted by molar-refractivity contribution is 7.81. The molecule has 0 aliphatic rings. The summed E-state index contributed by atoms with van der Waals surface area (Å²) in [6.45, 7) is 3.81. The molecule has 0 aliphatic heterocycles. The van der Waals surface area contributed by atoms with Gasteiger partial charge >= 0.3 is 0 Å². The minimum atomic E-state index is 0.0957. The van der Waals surface area contributed by atoms with E-state index in [0.29, 0.717) is 0 Å². The molecule has 2 atom stereocenters. The van der Waals surface area contributed by atoms with Crippen molar-refractivity contribution in [1.29, 1.82) is 5.41 Å². The normalized spacial score (nSPS) is 17.4. The van der Waals surface area contributed by atoms with Gasteiger partial charge < -0.3 is 5.73 Å². The zero-order valence-electron chi connectivity index (χ0n) is 5.18. The maximum absolute atomic E-state index is 6.96. The summed E-state index contributed by atoms with van der Waals surface area (Å²) in [6.07, 6.45) is 0. The Labute approximate surface area is 55.4 Å². The van der Waals surface area contributed by atoms with E-state index in [4.69, 9.17) is 11.1 Å². The van der Waals surface area contributed by atoms with Gasteiger partial charge in [0, 0.05) is 11.2 Å². The summed E-state index contributed by atoms with van der Waals surface area (Å²) in [7, 11) is 0. The molecule has 0 aromatic heterocycles. The second-order valence-electron chi connectivity index (χ2n) is 1.98. The molecule has 0 aromatic rings. The zero-order chi connectivity index (χ0) is 6.73. The molecule has 8 heavy (non-hydrogen) atoms. The molecular formula is C5H12N2S. The van der Waals surface area contributed by atoms with Crippen molar-refractivity contribution in [2.75, 3.05) is 0 Å². The number of amidine groups is 1. The fourth-order valence-electron chi connectivity index (χ4n) is 0.260. The van der Waals surface area contributed by atoms with Gasteiger partial charge in [0.2, 0.25) is 0 Å². The van der Waals surface area contributed by atoms with Gasteiger partial charge in [0.1, 0.15) is 0 Å². The molecule has 0 fully saturated rings. The number of rotatable bonds is 2. The Morgan fingerprint density at radius 1 is 1.62 bits per heavy atom. The lowest BCUT2D eigenvalue weighted by Gasteiger charge is -2.11. The molecule has 0 bridgehead atoms. The Balaban J connectivity index is 3.64. The van der Waals surface area contributed by atoms with Gasteiger partial charge in [-0.25, -0.2) is 0 Å². The van der Waals surface area contributed by atoms with Gasteiger partial charge in [-0.2, -0.15) is 12.6 Å². The number of nitrogens with two attached hydrogens (primary N) is 1. The summed E-state index contributed by atoms with van der Waals surface area (Å²) in [5, 5.41) is 7.15. The average molecular weight is 132 g/mol. The second kappa shape index (κ2) is 2.97. The van der Waals surface area contributed by atoms with Crippen LogP contribution in [0, 0.1) is 11.3 Å². The summed E-state index contributed by atoms with van der Waals surface area (Å²) in [6, 6.07) is 0. The van der Waals surface area contributed by atoms with Crippen molar-refractivity contribution in [2.45, 2.75) is 19.1 Å². The Kier molecular flexibility index (Phi) is 2.90. The van der Waals surface area contributed by atoms with Crippen LogP contribution in [0.5, 0.6) is 0 Å². The number of thiol groups is 1. The summed E-state index contributed by atoms with van der Waals surface area (Å²) >= 11 is 4.11. The van der Waals surface area contributed by atoms with Gasteiger partial charge in [-0.15, -0.1) is 0 Å². The van der Waals surface area contributed by atoms with E-state index in [0.717, 1.165) is 0 Å². The molecule has 0 heterocycles. The number of nitrogens with one attached hydrogen (secondary N) is 1. The number of hydrogen-bond donors (Lipinski definition) is 3. The first kappa shape index (κ1) is 7.82. The third-order valence-electron chi connectivity index (χ3n) is 1.21. The van der Waals surface area contributed by atoms with Crippen molar-refractivity contribution in [2.24, 2.45) is 11.7 Å². The first-order chi connectivity index (χ1) is 3.55. The quantitative estimate of drug-likeness (QED) is 0.291. The Morgan fingerprint density at radius 2 is 2.00 bits per heavy atom. The molecule has 48 valence electrons. The van der Waals surface area contributed by atoms with E-state index in [-0.39, 0.29) is 17.0 Å². The van der Waals surface area contributed by atoms with Crippen molar-refractivity contribution in [3.05, 3.63) is 0 Å². The largest absolute Gasteiger partial charge is 0.387 e. The maximum Gasteiger partial charge on any atom is 0.0945 e. The standard InChI is InChI=1S/C5H12N2S/c1-3(4(2)8)5(6)7/h3-4,8H,1-2H3,(H3,6,7). The zero-order valence-corrected chi connectivity index (χ0v) is 6.07. The fourth-order valence-corrected chi connectivity index (χ4v) is 0.420. The van der Waals surface area contributed by atoms with Crippen LogP contribution in [0.25, 0.3) is 0 Å². The van der Waals surface area contributed by atoms with Gasteiger partial charge in [-0.1, -0.05) is 13.8 Å². The van der Waals surface area contributed by atoms with Crippen LogP contribution >= 0.6 is 12.6 Å². The predicted octanol–water partition coefficient (Wildman–Crippen LogP) is 0.877. The Hall–Kier alpha value is -0.180.